The summed E-state index contributed by atoms with van der Waals surface area (Å²) in [4.78, 5) is 13.5. The topological polar surface area (TPSA) is 47.6 Å². The van der Waals surface area contributed by atoms with Gasteiger partial charge in [0.05, 0.1) is 5.02 Å². The molecule has 110 valence electrons. The van der Waals surface area contributed by atoms with Crippen LogP contribution in [0.5, 0.6) is 11.5 Å². The maximum atomic E-state index is 12.3. The number of thiophene rings is 1. The molecule has 6 heteroatoms. The molecule has 0 spiro atoms. The lowest BCUT2D eigenvalue weighted by Gasteiger charge is -2.13. The summed E-state index contributed by atoms with van der Waals surface area (Å²) < 4.78 is 10.5. The molecule has 1 N–H and O–H groups in total. The van der Waals surface area contributed by atoms with Crippen molar-refractivity contribution in [1.82, 2.24) is 5.32 Å². The van der Waals surface area contributed by atoms with Gasteiger partial charge in [-0.1, -0.05) is 17.7 Å². The molecule has 1 aromatic heterocycles. The van der Waals surface area contributed by atoms with E-state index in [0.29, 0.717) is 22.1 Å². The third-order valence-electron chi connectivity index (χ3n) is 3.15. The van der Waals surface area contributed by atoms with Crippen molar-refractivity contribution in [2.45, 2.75) is 19.4 Å². The van der Waals surface area contributed by atoms with E-state index in [-0.39, 0.29) is 18.7 Å². The Morgan fingerprint density at radius 2 is 2.33 bits per heavy atom. The predicted octanol–water partition coefficient (Wildman–Crippen LogP) is 3.49. The molecule has 2 heterocycles. The van der Waals surface area contributed by atoms with E-state index < -0.39 is 0 Å². The molecule has 4 nitrogen and oxygen atoms in total. The molecule has 0 fully saturated rings. The number of amides is 1. The lowest BCUT2D eigenvalue weighted by atomic mass is 10.1. The summed E-state index contributed by atoms with van der Waals surface area (Å²) in [6.07, 6.45) is 0.807. The van der Waals surface area contributed by atoms with Crippen LogP contribution in [0.1, 0.15) is 22.2 Å². The van der Waals surface area contributed by atoms with E-state index in [2.05, 4.69) is 11.4 Å². The molecule has 2 aromatic rings. The zero-order chi connectivity index (χ0) is 14.8. The average molecular weight is 324 g/mol. The Morgan fingerprint density at radius 1 is 1.48 bits per heavy atom. The van der Waals surface area contributed by atoms with Crippen LogP contribution in [0.4, 0.5) is 0 Å². The molecule has 0 radical (unpaired) electrons. The van der Waals surface area contributed by atoms with E-state index >= 15 is 0 Å². The van der Waals surface area contributed by atoms with Crippen LogP contribution in [-0.2, 0) is 6.42 Å². The lowest BCUT2D eigenvalue weighted by Crippen LogP contribution is -2.33. The smallest absolute Gasteiger partial charge is 0.251 e. The fourth-order valence-corrected chi connectivity index (χ4v) is 3.29. The number of benzene rings is 1. The van der Waals surface area contributed by atoms with Gasteiger partial charge in [0.2, 0.25) is 6.79 Å². The van der Waals surface area contributed by atoms with Gasteiger partial charge in [-0.15, -0.1) is 11.3 Å². The quantitative estimate of drug-likeness (QED) is 0.937. The number of ether oxygens (including phenoxy) is 2. The first-order valence-corrected chi connectivity index (χ1v) is 7.81. The van der Waals surface area contributed by atoms with Crippen molar-refractivity contribution in [2.24, 2.45) is 0 Å². The van der Waals surface area contributed by atoms with Crippen molar-refractivity contribution >= 4 is 28.8 Å². The van der Waals surface area contributed by atoms with Gasteiger partial charge in [0, 0.05) is 22.9 Å². The molecule has 1 aliphatic rings. The summed E-state index contributed by atoms with van der Waals surface area (Å²) in [6, 6.07) is 7.36. The maximum Gasteiger partial charge on any atom is 0.251 e. The zero-order valence-corrected chi connectivity index (χ0v) is 13.0. The summed E-state index contributed by atoms with van der Waals surface area (Å²) in [7, 11) is 0. The number of halogens is 1. The fourth-order valence-electron chi connectivity index (χ4n) is 2.19. The minimum atomic E-state index is -0.167. The average Bonchev–Trinajstić information content (AvgIpc) is 3.09. The summed E-state index contributed by atoms with van der Waals surface area (Å²) in [5, 5.41) is 5.38. The Labute approximate surface area is 131 Å². The van der Waals surface area contributed by atoms with Gasteiger partial charge < -0.3 is 14.8 Å². The van der Waals surface area contributed by atoms with E-state index in [1.54, 1.807) is 23.5 Å². The van der Waals surface area contributed by atoms with Crippen LogP contribution < -0.4 is 14.8 Å². The second kappa shape index (κ2) is 5.95. The van der Waals surface area contributed by atoms with E-state index in [1.165, 1.54) is 4.88 Å². The Balaban J connectivity index is 1.69. The number of hydrogen-bond acceptors (Lipinski definition) is 4. The van der Waals surface area contributed by atoms with Crippen LogP contribution in [0.2, 0.25) is 5.02 Å². The Hall–Kier alpha value is -1.72. The largest absolute Gasteiger partial charge is 0.454 e. The highest BCUT2D eigenvalue weighted by Gasteiger charge is 2.21. The standard InChI is InChI=1S/C15H14ClNO3S/c1-9(5-11-3-2-4-21-11)17-15(18)10-6-12(16)14-13(7-10)19-8-20-14/h2-4,6-7,9H,5,8H2,1H3,(H,17,18). The van der Waals surface area contributed by atoms with Gasteiger partial charge in [-0.05, 0) is 30.5 Å². The predicted molar refractivity (Wildman–Crippen MR) is 82.5 cm³/mol. The number of fused-ring (bicyclic) bond motifs is 1. The first-order chi connectivity index (χ1) is 10.1. The second-order valence-corrected chi connectivity index (χ2v) is 6.29. The van der Waals surface area contributed by atoms with E-state index in [4.69, 9.17) is 21.1 Å². The van der Waals surface area contributed by atoms with Gasteiger partial charge in [-0.2, -0.15) is 0 Å². The van der Waals surface area contributed by atoms with Crippen LogP contribution in [0.3, 0.4) is 0 Å². The van der Waals surface area contributed by atoms with Crippen LogP contribution in [0.25, 0.3) is 0 Å². The molecule has 0 saturated heterocycles. The van der Waals surface area contributed by atoms with Crippen molar-refractivity contribution in [3.05, 3.63) is 45.1 Å². The highest BCUT2D eigenvalue weighted by molar-refractivity contribution is 7.09. The van der Waals surface area contributed by atoms with Gasteiger partial charge in [0.25, 0.3) is 5.91 Å². The van der Waals surface area contributed by atoms with Crippen LogP contribution in [0, 0.1) is 0 Å². The van der Waals surface area contributed by atoms with Gasteiger partial charge in [0.15, 0.2) is 11.5 Å². The van der Waals surface area contributed by atoms with Crippen molar-refractivity contribution < 1.29 is 14.3 Å². The Kier molecular flexibility index (Phi) is 4.03. The van der Waals surface area contributed by atoms with Crippen LogP contribution >= 0.6 is 22.9 Å². The van der Waals surface area contributed by atoms with E-state index in [9.17, 15) is 4.79 Å². The minimum absolute atomic E-state index is 0.0420. The number of hydrogen-bond donors (Lipinski definition) is 1. The monoisotopic (exact) mass is 323 g/mol. The number of carbonyl (C=O) groups excluding carboxylic acids is 1. The first kappa shape index (κ1) is 14.2. The molecular formula is C15H14ClNO3S. The molecule has 0 bridgehead atoms. The molecule has 1 aromatic carbocycles. The van der Waals surface area contributed by atoms with Gasteiger partial charge in [-0.25, -0.2) is 0 Å². The van der Waals surface area contributed by atoms with Crippen molar-refractivity contribution in [3.8, 4) is 11.5 Å². The number of nitrogens with one attached hydrogen (secondary N) is 1. The van der Waals surface area contributed by atoms with E-state index in [1.807, 2.05) is 18.4 Å². The fraction of sp³-hybridized carbons (Fsp3) is 0.267. The molecule has 1 atom stereocenters. The lowest BCUT2D eigenvalue weighted by molar-refractivity contribution is 0.0939. The minimum Gasteiger partial charge on any atom is -0.454 e. The molecular weight excluding hydrogens is 310 g/mol. The maximum absolute atomic E-state index is 12.3. The van der Waals surface area contributed by atoms with Crippen LogP contribution in [0.15, 0.2) is 29.6 Å². The first-order valence-electron chi connectivity index (χ1n) is 6.56. The number of rotatable bonds is 4. The molecule has 0 saturated carbocycles. The van der Waals surface area contributed by atoms with Gasteiger partial charge in [-0.3, -0.25) is 4.79 Å². The second-order valence-electron chi connectivity index (χ2n) is 4.85. The van der Waals surface area contributed by atoms with E-state index in [0.717, 1.165) is 6.42 Å². The highest BCUT2D eigenvalue weighted by atomic mass is 35.5. The molecule has 3 rings (SSSR count). The van der Waals surface area contributed by atoms with Crippen LogP contribution in [-0.4, -0.2) is 18.7 Å². The van der Waals surface area contributed by atoms with Gasteiger partial charge in [0.1, 0.15) is 0 Å². The van der Waals surface area contributed by atoms with Gasteiger partial charge >= 0.3 is 0 Å². The number of carbonyl (C=O) groups is 1. The van der Waals surface area contributed by atoms with Crippen molar-refractivity contribution in [1.29, 1.82) is 0 Å². The zero-order valence-electron chi connectivity index (χ0n) is 11.4. The normalized spacial score (nSPS) is 14.0. The Bertz CT molecular complexity index is 657. The summed E-state index contributed by atoms with van der Waals surface area (Å²) in [5.74, 6) is 0.845. The molecule has 1 amide bonds. The molecule has 1 unspecified atom stereocenters. The Morgan fingerprint density at radius 3 is 3.10 bits per heavy atom. The molecule has 1 aliphatic heterocycles. The SMILES string of the molecule is CC(Cc1cccs1)NC(=O)c1cc(Cl)c2c(c1)OCO2. The van der Waals surface area contributed by atoms with Crippen molar-refractivity contribution in [2.75, 3.05) is 6.79 Å². The third kappa shape index (κ3) is 3.14. The van der Waals surface area contributed by atoms with Crippen molar-refractivity contribution in [3.63, 3.8) is 0 Å². The third-order valence-corrected chi connectivity index (χ3v) is 4.33. The summed E-state index contributed by atoms with van der Waals surface area (Å²) in [6.45, 7) is 2.11. The highest BCUT2D eigenvalue weighted by Crippen LogP contribution is 2.39. The molecule has 0 aliphatic carbocycles. The summed E-state index contributed by atoms with van der Waals surface area (Å²) in [5.41, 5.74) is 0.474. The molecule has 21 heavy (non-hydrogen) atoms. The summed E-state index contributed by atoms with van der Waals surface area (Å²) >= 11 is 7.77.